The van der Waals surface area contributed by atoms with Gasteiger partial charge in [0.2, 0.25) is 0 Å². The first kappa shape index (κ1) is 16.7. The van der Waals surface area contributed by atoms with Crippen LogP contribution in [0.15, 0.2) is 54.9 Å². The lowest BCUT2D eigenvalue weighted by Crippen LogP contribution is -2.37. The molecule has 0 aliphatic carbocycles. The molecule has 0 spiro atoms. The van der Waals surface area contributed by atoms with Crippen molar-refractivity contribution in [2.24, 2.45) is 0 Å². The van der Waals surface area contributed by atoms with E-state index in [1.807, 2.05) is 0 Å². The first-order valence-electron chi connectivity index (χ1n) is 7.62. The van der Waals surface area contributed by atoms with Gasteiger partial charge in [0.1, 0.15) is 12.1 Å². The summed E-state index contributed by atoms with van der Waals surface area (Å²) in [7, 11) is 0. The molecule has 1 amide bonds. The Labute approximate surface area is 143 Å². The molecule has 2 aromatic carbocycles. The van der Waals surface area contributed by atoms with Crippen molar-refractivity contribution < 1.29 is 14.3 Å². The van der Waals surface area contributed by atoms with E-state index in [0.29, 0.717) is 16.8 Å². The Morgan fingerprint density at radius 1 is 1.24 bits per heavy atom. The second-order valence-corrected chi connectivity index (χ2v) is 5.56. The maximum absolute atomic E-state index is 13.0. The molecule has 3 rings (SSSR count). The monoisotopic (exact) mass is 341 g/mol. The summed E-state index contributed by atoms with van der Waals surface area (Å²) in [5.74, 6) is -0.726. The number of tetrazole rings is 1. The lowest BCUT2D eigenvalue weighted by Gasteiger charge is -2.20. The fourth-order valence-corrected chi connectivity index (χ4v) is 2.39. The maximum Gasteiger partial charge on any atom is 0.251 e. The number of benzene rings is 2. The van der Waals surface area contributed by atoms with E-state index in [4.69, 9.17) is 0 Å². The van der Waals surface area contributed by atoms with E-state index in [1.54, 1.807) is 31.2 Å². The van der Waals surface area contributed by atoms with Crippen LogP contribution in [-0.2, 0) is 0 Å². The molecule has 0 saturated carbocycles. The summed E-state index contributed by atoms with van der Waals surface area (Å²) in [4.78, 5) is 12.4. The molecule has 0 aliphatic rings. The van der Waals surface area contributed by atoms with E-state index in [0.717, 1.165) is 0 Å². The molecular formula is C17H16FN5O2. The minimum Gasteiger partial charge on any atom is -0.386 e. The van der Waals surface area contributed by atoms with E-state index in [9.17, 15) is 14.3 Å². The predicted octanol–water partition coefficient (Wildman–Crippen LogP) is 1.65. The highest BCUT2D eigenvalue weighted by molar-refractivity contribution is 5.94. The Balaban J connectivity index is 1.71. The molecule has 0 fully saturated rings. The number of aliphatic hydroxyl groups excluding tert-OH is 1. The van der Waals surface area contributed by atoms with Crippen molar-refractivity contribution in [1.82, 2.24) is 25.5 Å². The molecule has 0 unspecified atom stereocenters. The number of rotatable bonds is 5. The van der Waals surface area contributed by atoms with Crippen LogP contribution < -0.4 is 5.32 Å². The van der Waals surface area contributed by atoms with Crippen LogP contribution in [0.4, 0.5) is 4.39 Å². The van der Waals surface area contributed by atoms with Crippen molar-refractivity contribution in [3.63, 3.8) is 0 Å². The minimum absolute atomic E-state index is 0.344. The number of halogens is 1. The van der Waals surface area contributed by atoms with Gasteiger partial charge in [0.15, 0.2) is 0 Å². The van der Waals surface area contributed by atoms with Gasteiger partial charge in [-0.2, -0.15) is 0 Å². The molecular weight excluding hydrogens is 325 g/mol. The van der Waals surface area contributed by atoms with Crippen molar-refractivity contribution in [2.45, 2.75) is 19.1 Å². The average molecular weight is 341 g/mol. The summed E-state index contributed by atoms with van der Waals surface area (Å²) in [5.41, 5.74) is 1.58. The molecule has 0 saturated heterocycles. The van der Waals surface area contributed by atoms with E-state index < -0.39 is 12.1 Å². The Hall–Kier alpha value is -3.13. The second-order valence-electron chi connectivity index (χ2n) is 5.56. The zero-order valence-corrected chi connectivity index (χ0v) is 13.4. The molecule has 7 nitrogen and oxygen atoms in total. The van der Waals surface area contributed by atoms with Crippen LogP contribution in [0.2, 0.25) is 0 Å². The highest BCUT2D eigenvalue weighted by atomic mass is 19.1. The molecule has 2 atom stereocenters. The summed E-state index contributed by atoms with van der Waals surface area (Å²) in [6.45, 7) is 1.68. The fourth-order valence-electron chi connectivity index (χ4n) is 2.39. The zero-order chi connectivity index (χ0) is 17.8. The number of carbonyl (C=O) groups is 1. The van der Waals surface area contributed by atoms with E-state index in [-0.39, 0.29) is 11.7 Å². The predicted molar refractivity (Wildman–Crippen MR) is 87.4 cm³/mol. The third kappa shape index (κ3) is 3.86. The number of aliphatic hydroxyl groups is 1. The van der Waals surface area contributed by atoms with Gasteiger partial charge in [-0.3, -0.25) is 4.79 Å². The minimum atomic E-state index is -0.952. The Kier molecular flexibility index (Phi) is 4.80. The highest BCUT2D eigenvalue weighted by Crippen LogP contribution is 2.18. The standard InChI is InChI=1S/C17H16FN5O2/c1-11(16(24)12-5-7-14(18)8-6-12)20-17(25)13-3-2-4-15(9-13)23-10-19-21-22-23/h2-11,16,24H,1H3,(H,20,25)/t11-,16-/m0/s1. The molecule has 1 aromatic heterocycles. The third-order valence-electron chi connectivity index (χ3n) is 3.77. The maximum atomic E-state index is 13.0. The van der Waals surface area contributed by atoms with Gasteiger partial charge in [0, 0.05) is 5.56 Å². The SMILES string of the molecule is C[C@H](NC(=O)c1cccc(-n2cnnn2)c1)[C@H](O)c1ccc(F)cc1. The number of aromatic nitrogens is 4. The fraction of sp³-hybridized carbons (Fsp3) is 0.176. The molecule has 8 heteroatoms. The lowest BCUT2D eigenvalue weighted by molar-refractivity contribution is 0.0852. The average Bonchev–Trinajstić information content (AvgIpc) is 3.16. The lowest BCUT2D eigenvalue weighted by atomic mass is 10.0. The number of nitrogens with zero attached hydrogens (tertiary/aromatic N) is 4. The van der Waals surface area contributed by atoms with E-state index in [2.05, 4.69) is 20.8 Å². The summed E-state index contributed by atoms with van der Waals surface area (Å²) < 4.78 is 14.4. The highest BCUT2D eigenvalue weighted by Gasteiger charge is 2.19. The van der Waals surface area contributed by atoms with Crippen LogP contribution in [0, 0.1) is 5.82 Å². The Bertz CT molecular complexity index is 852. The van der Waals surface area contributed by atoms with Crippen LogP contribution in [0.5, 0.6) is 0 Å². The van der Waals surface area contributed by atoms with E-state index >= 15 is 0 Å². The number of hydrogen-bond acceptors (Lipinski definition) is 5. The van der Waals surface area contributed by atoms with Gasteiger partial charge in [-0.1, -0.05) is 18.2 Å². The first-order chi connectivity index (χ1) is 12.0. The number of nitrogens with one attached hydrogen (secondary N) is 1. The number of hydrogen-bond donors (Lipinski definition) is 2. The van der Waals surface area contributed by atoms with Crippen LogP contribution in [-0.4, -0.2) is 37.3 Å². The van der Waals surface area contributed by atoms with Gasteiger partial charge in [-0.05, 0) is 53.2 Å². The summed E-state index contributed by atoms with van der Waals surface area (Å²) in [6, 6.07) is 11.7. The van der Waals surface area contributed by atoms with Crippen molar-refractivity contribution in [3.05, 3.63) is 71.8 Å². The quantitative estimate of drug-likeness (QED) is 0.736. The molecule has 128 valence electrons. The van der Waals surface area contributed by atoms with Crippen molar-refractivity contribution in [3.8, 4) is 5.69 Å². The molecule has 3 aromatic rings. The summed E-state index contributed by atoms with van der Waals surface area (Å²) >= 11 is 0. The second kappa shape index (κ2) is 7.18. The van der Waals surface area contributed by atoms with Gasteiger partial charge in [-0.25, -0.2) is 9.07 Å². The number of carbonyl (C=O) groups excluding carboxylic acids is 1. The first-order valence-corrected chi connectivity index (χ1v) is 7.62. The molecule has 1 heterocycles. The number of amides is 1. The largest absolute Gasteiger partial charge is 0.386 e. The van der Waals surface area contributed by atoms with Crippen molar-refractivity contribution in [1.29, 1.82) is 0 Å². The molecule has 0 radical (unpaired) electrons. The third-order valence-corrected chi connectivity index (χ3v) is 3.77. The van der Waals surface area contributed by atoms with Crippen molar-refractivity contribution in [2.75, 3.05) is 0 Å². The van der Waals surface area contributed by atoms with Crippen LogP contribution in [0.3, 0.4) is 0 Å². The Morgan fingerprint density at radius 3 is 2.68 bits per heavy atom. The summed E-state index contributed by atoms with van der Waals surface area (Å²) in [5, 5.41) is 23.9. The van der Waals surface area contributed by atoms with Gasteiger partial charge in [0.05, 0.1) is 17.8 Å². The topological polar surface area (TPSA) is 92.9 Å². The van der Waals surface area contributed by atoms with Gasteiger partial charge in [-0.15, -0.1) is 5.10 Å². The van der Waals surface area contributed by atoms with Crippen LogP contribution in [0.25, 0.3) is 5.69 Å². The van der Waals surface area contributed by atoms with E-state index in [1.165, 1.54) is 35.3 Å². The molecule has 2 N–H and O–H groups in total. The van der Waals surface area contributed by atoms with Gasteiger partial charge >= 0.3 is 0 Å². The molecule has 0 bridgehead atoms. The van der Waals surface area contributed by atoms with Gasteiger partial charge in [0.25, 0.3) is 5.91 Å². The van der Waals surface area contributed by atoms with Crippen molar-refractivity contribution >= 4 is 5.91 Å². The molecule has 0 aliphatic heterocycles. The molecule has 25 heavy (non-hydrogen) atoms. The van der Waals surface area contributed by atoms with Gasteiger partial charge < -0.3 is 10.4 Å². The smallest absolute Gasteiger partial charge is 0.251 e. The normalized spacial score (nSPS) is 13.2. The van der Waals surface area contributed by atoms with Crippen LogP contribution >= 0.6 is 0 Å². The summed E-state index contributed by atoms with van der Waals surface area (Å²) in [6.07, 6.45) is 0.477. The van der Waals surface area contributed by atoms with Crippen LogP contribution in [0.1, 0.15) is 28.9 Å². The zero-order valence-electron chi connectivity index (χ0n) is 13.4. The Morgan fingerprint density at radius 2 is 2.00 bits per heavy atom.